The fourth-order valence-electron chi connectivity index (χ4n) is 18.5. The molecule has 27 aromatic rings. The number of aromatic nitrogens is 11. The number of hydrogen-bond donors (Lipinski definition) is 0. The molecule has 15 aromatic carbocycles. The van der Waals surface area contributed by atoms with Crippen molar-refractivity contribution < 1.29 is 0 Å². The van der Waals surface area contributed by atoms with Gasteiger partial charge in [0.05, 0.1) is 85.8 Å². The number of benzene rings is 15. The largest absolute Gasteiger partial charge is 0.309 e. The van der Waals surface area contributed by atoms with E-state index < -0.39 is 0 Å². The maximum Gasteiger partial charge on any atom is 0.159 e. The Hall–Kier alpha value is -14.6. The van der Waals surface area contributed by atoms with Crippen molar-refractivity contribution in [2.24, 2.45) is 0 Å². The van der Waals surface area contributed by atoms with Gasteiger partial charge in [0.2, 0.25) is 0 Å². The lowest BCUT2D eigenvalue weighted by molar-refractivity contribution is 1.08. The highest BCUT2D eigenvalue weighted by molar-refractivity contribution is 7.28. The molecule has 0 saturated heterocycles. The number of fused-ring (bicyclic) bond motifs is 30. The second-order valence-corrected chi connectivity index (χ2v) is 33.8. The highest BCUT2D eigenvalue weighted by atomic mass is 32.1. The second kappa shape index (κ2) is 26.0. The van der Waals surface area contributed by atoms with Crippen molar-refractivity contribution in [2.45, 2.75) is 0 Å². The summed E-state index contributed by atoms with van der Waals surface area (Å²) in [4.78, 5) is 29.4. The zero-order chi connectivity index (χ0) is 76.5. The summed E-state index contributed by atoms with van der Waals surface area (Å²) in [6, 6.07) is 121. The third-order valence-corrected chi connectivity index (χ3v) is 28.0. The fraction of sp³-hybridized carbons (Fsp3) is 0. The molecule has 0 unspecified atom stereocenters. The first-order valence-electron chi connectivity index (χ1n) is 38.9. The normalized spacial score (nSPS) is 12.1. The van der Waals surface area contributed by atoms with Crippen molar-refractivity contribution >= 4 is 235 Å². The topological polar surface area (TPSA) is 102 Å². The van der Waals surface area contributed by atoms with E-state index in [-0.39, 0.29) is 0 Å². The zero-order valence-electron chi connectivity index (χ0n) is 62.1. The quantitative estimate of drug-likeness (QED) is 0.164. The van der Waals surface area contributed by atoms with Gasteiger partial charge in [-0.25, -0.2) is 29.9 Å². The summed E-state index contributed by atoms with van der Waals surface area (Å²) in [7, 11) is 0. The number of hydrogen-bond acceptors (Lipinski definition) is 10. The first-order valence-corrected chi connectivity index (χ1v) is 42.2. The van der Waals surface area contributed by atoms with E-state index in [0.717, 1.165) is 81.5 Å². The first kappa shape index (κ1) is 65.9. The predicted molar refractivity (Wildman–Crippen MR) is 495 cm³/mol. The molecule has 0 radical (unpaired) electrons. The van der Waals surface area contributed by atoms with Gasteiger partial charge in [0, 0.05) is 116 Å². The van der Waals surface area contributed by atoms with Crippen LogP contribution in [0.5, 0.6) is 0 Å². The molecule has 0 bridgehead atoms. The van der Waals surface area contributed by atoms with Gasteiger partial charge >= 0.3 is 0 Å². The van der Waals surface area contributed by atoms with E-state index in [9.17, 15) is 0 Å². The Kier molecular flexibility index (Phi) is 14.6. The molecule has 0 aliphatic rings. The standard InChI is InChI=1S/C40H24N4S.C34H20N4S.C28H15N3S2/c1-2-10-25(11-3-1)26-18-20-27(21-19-26)43-32-15-7-6-14-30(32)31-22-23-35-36(38(31)43)37-39(45-35)40(42-24-41-37)44-33-16-8-4-12-28(33)29-13-5-9-17-34(29)44;1-2-10-21(11-3-1)37-26-15-7-6-14-24(26)25-18-19-29-30(32(25)37)31-33(39-29)34(36-20-35-31)38-27-16-8-4-12-22(27)23-13-5-9-17-28(23)38;1-4-10-19-16(7-1)17-8-2-5-11-20(17)31(19)28-27-26(29-15-30-28)25-23(33-27)14-13-22-24(25)18-9-3-6-12-21(18)32-22/h1-24H;1-20H;1-15H. The Morgan fingerprint density at radius 2 is 0.462 bits per heavy atom. The van der Waals surface area contributed by atoms with Gasteiger partial charge in [-0.15, -0.1) is 45.3 Å². The van der Waals surface area contributed by atoms with Gasteiger partial charge < -0.3 is 9.13 Å². The minimum Gasteiger partial charge on any atom is -0.309 e. The molecule has 12 aromatic heterocycles. The molecule has 0 saturated carbocycles. The predicted octanol–water partition coefficient (Wildman–Crippen LogP) is 28.1. The number of thiophene rings is 4. The molecule has 117 heavy (non-hydrogen) atoms. The first-order chi connectivity index (χ1) is 58.1. The molecule has 0 amide bonds. The lowest BCUT2D eigenvalue weighted by Crippen LogP contribution is -1.98. The Morgan fingerprint density at radius 1 is 0.179 bits per heavy atom. The Labute approximate surface area is 681 Å². The molecule has 0 fully saturated rings. The lowest BCUT2D eigenvalue weighted by Gasteiger charge is -2.10. The highest BCUT2D eigenvalue weighted by Gasteiger charge is 2.27. The number of nitrogens with zero attached hydrogens (tertiary/aromatic N) is 11. The van der Waals surface area contributed by atoms with Gasteiger partial charge in [-0.3, -0.25) is 13.7 Å². The summed E-state index contributed by atoms with van der Waals surface area (Å²) in [5, 5.41) is 18.5. The molecule has 546 valence electrons. The summed E-state index contributed by atoms with van der Waals surface area (Å²) < 4.78 is 21.3. The van der Waals surface area contributed by atoms with Crippen LogP contribution in [0.2, 0.25) is 0 Å². The monoisotopic (exact) mass is 1570 g/mol. The van der Waals surface area contributed by atoms with Gasteiger partial charge in [-0.2, -0.15) is 0 Å². The average molecular weight is 1570 g/mol. The van der Waals surface area contributed by atoms with Crippen molar-refractivity contribution in [3.63, 3.8) is 0 Å². The van der Waals surface area contributed by atoms with Crippen LogP contribution in [0.4, 0.5) is 0 Å². The Morgan fingerprint density at radius 3 is 0.855 bits per heavy atom. The smallest absolute Gasteiger partial charge is 0.159 e. The van der Waals surface area contributed by atoms with E-state index in [2.05, 4.69) is 363 Å². The van der Waals surface area contributed by atoms with E-state index in [1.807, 2.05) is 11.3 Å². The SMILES string of the molecule is c1ccc(-c2ccc(-n3c4ccccc4c4ccc5sc6c(-n7c8ccccc8c8ccccc87)ncnc6c5c43)cc2)cc1.c1ccc(-n2c3ccccc3c3ccc4sc5c(-n6c7ccccc7c7ccccc76)ncnc5c4c32)cc1.c1ccc2c(c1)sc1ccc3sc4c(-n5c6ccccc6c6ccccc65)ncnc4c3c12. The van der Waals surface area contributed by atoms with Crippen molar-refractivity contribution in [3.05, 3.63) is 359 Å². The van der Waals surface area contributed by atoms with E-state index in [0.29, 0.717) is 0 Å². The maximum absolute atomic E-state index is 4.98. The summed E-state index contributed by atoms with van der Waals surface area (Å²) in [5.41, 5.74) is 19.4. The van der Waals surface area contributed by atoms with Crippen LogP contribution in [-0.4, -0.2) is 52.7 Å². The molecule has 0 N–H and O–H groups in total. The van der Waals surface area contributed by atoms with Crippen molar-refractivity contribution in [1.29, 1.82) is 0 Å². The fourth-order valence-corrected chi connectivity index (χ4v) is 23.1. The van der Waals surface area contributed by atoms with Crippen molar-refractivity contribution in [1.82, 2.24) is 52.7 Å². The molecule has 27 rings (SSSR count). The average Bonchev–Trinajstić information content (AvgIpc) is 1.55. The highest BCUT2D eigenvalue weighted by Crippen LogP contribution is 2.50. The van der Waals surface area contributed by atoms with Gasteiger partial charge in [0.1, 0.15) is 19.0 Å². The van der Waals surface area contributed by atoms with E-state index in [4.69, 9.17) is 29.9 Å². The summed E-state index contributed by atoms with van der Waals surface area (Å²) in [6.45, 7) is 0. The van der Waals surface area contributed by atoms with Crippen LogP contribution in [0.15, 0.2) is 359 Å². The van der Waals surface area contributed by atoms with Crippen LogP contribution in [0.25, 0.3) is 230 Å². The lowest BCUT2D eigenvalue weighted by atomic mass is 10.1. The molecule has 0 atom stereocenters. The van der Waals surface area contributed by atoms with Crippen LogP contribution < -0.4 is 0 Å². The summed E-state index contributed by atoms with van der Waals surface area (Å²) in [6.07, 6.45) is 5.18. The van der Waals surface area contributed by atoms with Gasteiger partial charge in [0.25, 0.3) is 0 Å². The molecule has 15 heteroatoms. The molecular weight excluding hydrogens is 1510 g/mol. The zero-order valence-corrected chi connectivity index (χ0v) is 65.4. The molecule has 0 aliphatic carbocycles. The van der Waals surface area contributed by atoms with E-state index in [1.54, 1.807) is 53.0 Å². The molecule has 12 heterocycles. The van der Waals surface area contributed by atoms with Gasteiger partial charge in [0.15, 0.2) is 17.5 Å². The summed E-state index contributed by atoms with van der Waals surface area (Å²) >= 11 is 7.19. The number of rotatable bonds is 6. The van der Waals surface area contributed by atoms with E-state index >= 15 is 0 Å². The Balaban J connectivity index is 0.0000000992. The third kappa shape index (κ3) is 9.83. The number of para-hydroxylation sites is 9. The molecule has 0 spiro atoms. The Bertz CT molecular complexity index is 8640. The van der Waals surface area contributed by atoms with Crippen LogP contribution >= 0.6 is 45.3 Å². The van der Waals surface area contributed by atoms with Crippen LogP contribution in [0, 0.1) is 0 Å². The third-order valence-electron chi connectivity index (χ3n) is 23.4. The van der Waals surface area contributed by atoms with E-state index in [1.165, 1.54) is 149 Å². The molecule has 0 aliphatic heterocycles. The van der Waals surface area contributed by atoms with Crippen LogP contribution in [-0.2, 0) is 0 Å². The minimum atomic E-state index is 0.918. The van der Waals surface area contributed by atoms with Crippen LogP contribution in [0.1, 0.15) is 0 Å². The van der Waals surface area contributed by atoms with Gasteiger partial charge in [-0.05, 0) is 114 Å². The second-order valence-electron chi connectivity index (χ2n) is 29.6. The van der Waals surface area contributed by atoms with Crippen LogP contribution in [0.3, 0.4) is 0 Å². The molecular formula is C102H59N11S4. The van der Waals surface area contributed by atoms with Gasteiger partial charge in [-0.1, -0.05) is 237 Å². The van der Waals surface area contributed by atoms with Crippen molar-refractivity contribution in [3.8, 4) is 40.0 Å². The van der Waals surface area contributed by atoms with Crippen molar-refractivity contribution in [2.75, 3.05) is 0 Å². The minimum absolute atomic E-state index is 0.918. The molecule has 11 nitrogen and oxygen atoms in total. The maximum atomic E-state index is 4.98. The summed E-state index contributed by atoms with van der Waals surface area (Å²) in [5.74, 6) is 2.79.